The highest BCUT2D eigenvalue weighted by molar-refractivity contribution is 6.31. The lowest BCUT2D eigenvalue weighted by Gasteiger charge is -2.07. The molecular weight excluding hydrogens is 402 g/mol. The number of halogens is 1. The molecule has 0 aliphatic rings. The zero-order valence-electron chi connectivity index (χ0n) is 16.3. The minimum absolute atomic E-state index is 0.204. The standard InChI is InChI=1S/C23H20ClN3O3/c1-16(28)26-20-7-4-6-18(13-20)23(29)27-25-14-17-9-11-21(12-10-17)30-15-19-5-2-3-8-22(19)24/h2-14H,15H2,1H3,(H,26,28)(H,27,29). The maximum Gasteiger partial charge on any atom is 0.271 e. The molecule has 7 heteroatoms. The van der Waals surface area contributed by atoms with Gasteiger partial charge in [-0.3, -0.25) is 9.59 Å². The number of ether oxygens (including phenoxy) is 1. The summed E-state index contributed by atoms with van der Waals surface area (Å²) < 4.78 is 5.74. The Morgan fingerprint density at radius 2 is 1.80 bits per heavy atom. The van der Waals surface area contributed by atoms with Gasteiger partial charge in [-0.05, 0) is 54.1 Å². The van der Waals surface area contributed by atoms with Gasteiger partial charge in [0.15, 0.2) is 0 Å². The van der Waals surface area contributed by atoms with E-state index in [2.05, 4.69) is 15.8 Å². The van der Waals surface area contributed by atoms with Crippen molar-refractivity contribution < 1.29 is 14.3 Å². The Morgan fingerprint density at radius 3 is 2.53 bits per heavy atom. The van der Waals surface area contributed by atoms with Gasteiger partial charge < -0.3 is 10.1 Å². The van der Waals surface area contributed by atoms with Crippen molar-refractivity contribution in [2.75, 3.05) is 5.32 Å². The van der Waals surface area contributed by atoms with Gasteiger partial charge in [-0.15, -0.1) is 0 Å². The van der Waals surface area contributed by atoms with E-state index in [0.717, 1.165) is 11.1 Å². The average Bonchev–Trinajstić information content (AvgIpc) is 2.74. The maximum absolute atomic E-state index is 12.2. The number of carbonyl (C=O) groups excluding carboxylic acids is 2. The molecule has 3 rings (SSSR count). The molecule has 0 aromatic heterocycles. The highest BCUT2D eigenvalue weighted by atomic mass is 35.5. The fourth-order valence-corrected chi connectivity index (χ4v) is 2.79. The molecule has 2 amide bonds. The Kier molecular flexibility index (Phi) is 7.19. The van der Waals surface area contributed by atoms with Crippen molar-refractivity contribution in [3.63, 3.8) is 0 Å². The monoisotopic (exact) mass is 421 g/mol. The molecule has 0 fully saturated rings. The van der Waals surface area contributed by atoms with Crippen molar-refractivity contribution in [2.45, 2.75) is 13.5 Å². The number of amides is 2. The predicted molar refractivity (Wildman–Crippen MR) is 118 cm³/mol. The van der Waals surface area contributed by atoms with Crippen LogP contribution in [0, 0.1) is 0 Å². The third-order valence-corrected chi connectivity index (χ3v) is 4.43. The van der Waals surface area contributed by atoms with Crippen LogP contribution in [0.3, 0.4) is 0 Å². The quantitative estimate of drug-likeness (QED) is 0.430. The number of anilines is 1. The number of nitrogens with one attached hydrogen (secondary N) is 2. The van der Waals surface area contributed by atoms with E-state index in [0.29, 0.717) is 28.6 Å². The molecule has 0 aliphatic heterocycles. The molecule has 30 heavy (non-hydrogen) atoms. The summed E-state index contributed by atoms with van der Waals surface area (Å²) in [6, 6.07) is 21.4. The van der Waals surface area contributed by atoms with Gasteiger partial charge >= 0.3 is 0 Å². The van der Waals surface area contributed by atoms with Gasteiger partial charge in [0.25, 0.3) is 5.91 Å². The van der Waals surface area contributed by atoms with Crippen molar-refractivity contribution in [2.24, 2.45) is 5.10 Å². The van der Waals surface area contributed by atoms with Gasteiger partial charge in [-0.25, -0.2) is 5.43 Å². The SMILES string of the molecule is CC(=O)Nc1cccc(C(=O)NN=Cc2ccc(OCc3ccccc3Cl)cc2)c1. The molecule has 0 saturated heterocycles. The van der Waals surface area contributed by atoms with Crippen molar-refractivity contribution in [3.05, 3.63) is 94.5 Å². The average molecular weight is 422 g/mol. The van der Waals surface area contributed by atoms with Crippen LogP contribution in [-0.4, -0.2) is 18.0 Å². The van der Waals surface area contributed by atoms with Crippen LogP contribution in [0.1, 0.15) is 28.4 Å². The Labute approximate surface area is 179 Å². The molecule has 0 bridgehead atoms. The number of hydrazone groups is 1. The number of nitrogens with zero attached hydrogens (tertiary/aromatic N) is 1. The van der Waals surface area contributed by atoms with E-state index in [1.54, 1.807) is 24.3 Å². The summed E-state index contributed by atoms with van der Waals surface area (Å²) in [7, 11) is 0. The summed E-state index contributed by atoms with van der Waals surface area (Å²) in [5, 5.41) is 7.27. The fourth-order valence-electron chi connectivity index (χ4n) is 2.60. The van der Waals surface area contributed by atoms with Gasteiger partial charge in [0.1, 0.15) is 12.4 Å². The number of benzene rings is 3. The first-order valence-electron chi connectivity index (χ1n) is 9.18. The zero-order chi connectivity index (χ0) is 21.3. The summed E-state index contributed by atoms with van der Waals surface area (Å²) in [6.45, 7) is 1.78. The van der Waals surface area contributed by atoms with Crippen LogP contribution in [0.25, 0.3) is 0 Å². The second kappa shape index (κ2) is 10.2. The van der Waals surface area contributed by atoms with Crippen molar-refractivity contribution in [1.82, 2.24) is 5.43 Å². The van der Waals surface area contributed by atoms with E-state index in [-0.39, 0.29) is 11.8 Å². The van der Waals surface area contributed by atoms with E-state index in [9.17, 15) is 9.59 Å². The predicted octanol–water partition coefficient (Wildman–Crippen LogP) is 4.64. The lowest BCUT2D eigenvalue weighted by molar-refractivity contribution is -0.114. The number of rotatable bonds is 7. The minimum atomic E-state index is -0.377. The molecule has 152 valence electrons. The van der Waals surface area contributed by atoms with Crippen molar-refractivity contribution in [1.29, 1.82) is 0 Å². The summed E-state index contributed by atoms with van der Waals surface area (Å²) in [5.41, 5.74) is 5.12. The normalized spacial score (nSPS) is 10.6. The molecule has 3 aromatic rings. The van der Waals surface area contributed by atoms with Crippen LogP contribution in [0.2, 0.25) is 5.02 Å². The van der Waals surface area contributed by atoms with Crippen LogP contribution in [0.15, 0.2) is 77.9 Å². The van der Waals surface area contributed by atoms with Gasteiger partial charge in [0.05, 0.1) is 6.21 Å². The lowest BCUT2D eigenvalue weighted by atomic mass is 10.2. The van der Waals surface area contributed by atoms with E-state index in [1.807, 2.05) is 48.5 Å². The van der Waals surface area contributed by atoms with E-state index in [4.69, 9.17) is 16.3 Å². The molecule has 0 saturated carbocycles. The van der Waals surface area contributed by atoms with Gasteiger partial charge in [0, 0.05) is 28.8 Å². The second-order valence-electron chi connectivity index (χ2n) is 6.41. The third-order valence-electron chi connectivity index (χ3n) is 4.06. The summed E-state index contributed by atoms with van der Waals surface area (Å²) in [6.07, 6.45) is 1.54. The fraction of sp³-hybridized carbons (Fsp3) is 0.0870. The Hall–Kier alpha value is -3.64. The second-order valence-corrected chi connectivity index (χ2v) is 6.82. The molecule has 3 aromatic carbocycles. The third kappa shape index (κ3) is 6.18. The van der Waals surface area contributed by atoms with Crippen molar-refractivity contribution >= 4 is 35.3 Å². The highest BCUT2D eigenvalue weighted by Gasteiger charge is 2.06. The molecule has 0 atom stereocenters. The highest BCUT2D eigenvalue weighted by Crippen LogP contribution is 2.18. The minimum Gasteiger partial charge on any atom is -0.489 e. The van der Waals surface area contributed by atoms with Crippen LogP contribution in [0.5, 0.6) is 5.75 Å². The molecule has 0 unspecified atom stereocenters. The first kappa shape index (κ1) is 21.1. The van der Waals surface area contributed by atoms with E-state index < -0.39 is 0 Å². The Bertz CT molecular complexity index is 1070. The summed E-state index contributed by atoms with van der Waals surface area (Å²) in [5.74, 6) is 0.119. The molecule has 6 nitrogen and oxygen atoms in total. The van der Waals surface area contributed by atoms with E-state index >= 15 is 0 Å². The van der Waals surface area contributed by atoms with Crippen molar-refractivity contribution in [3.8, 4) is 5.75 Å². The van der Waals surface area contributed by atoms with Crippen LogP contribution in [0.4, 0.5) is 5.69 Å². The van der Waals surface area contributed by atoms with Crippen LogP contribution in [-0.2, 0) is 11.4 Å². The number of carbonyl (C=O) groups is 2. The number of hydrogen-bond donors (Lipinski definition) is 2. The topological polar surface area (TPSA) is 79.8 Å². The lowest BCUT2D eigenvalue weighted by Crippen LogP contribution is -2.18. The molecule has 0 aliphatic carbocycles. The number of hydrogen-bond acceptors (Lipinski definition) is 4. The first-order valence-corrected chi connectivity index (χ1v) is 9.56. The van der Waals surface area contributed by atoms with Gasteiger partial charge in [-0.2, -0.15) is 5.10 Å². The largest absolute Gasteiger partial charge is 0.489 e. The molecule has 0 radical (unpaired) electrons. The van der Waals surface area contributed by atoms with E-state index in [1.165, 1.54) is 13.1 Å². The van der Waals surface area contributed by atoms with Crippen LogP contribution < -0.4 is 15.5 Å². The summed E-state index contributed by atoms with van der Waals surface area (Å²) >= 11 is 6.12. The molecule has 2 N–H and O–H groups in total. The summed E-state index contributed by atoms with van der Waals surface area (Å²) in [4.78, 5) is 23.3. The maximum atomic E-state index is 12.2. The van der Waals surface area contributed by atoms with Gasteiger partial charge in [0.2, 0.25) is 5.91 Å². The molecule has 0 heterocycles. The first-order chi connectivity index (χ1) is 14.5. The molecule has 0 spiro atoms. The van der Waals surface area contributed by atoms with Crippen LogP contribution >= 0.6 is 11.6 Å². The Balaban J connectivity index is 1.53. The zero-order valence-corrected chi connectivity index (χ0v) is 17.0. The Morgan fingerprint density at radius 1 is 1.03 bits per heavy atom. The van der Waals surface area contributed by atoms with Gasteiger partial charge in [-0.1, -0.05) is 35.9 Å². The smallest absolute Gasteiger partial charge is 0.271 e. The molecular formula is C23H20ClN3O3.